The Bertz CT molecular complexity index is 497. The van der Waals surface area contributed by atoms with Crippen LogP contribution in [0.15, 0.2) is 22.3 Å². The molecular formula is C16H25ClFN2O2+. The number of ether oxygens (including phenoxy) is 1. The minimum Gasteiger partial charge on any atom is -0.394 e. The molecule has 0 heterocycles. The van der Waals surface area contributed by atoms with Gasteiger partial charge >= 0.3 is 0 Å². The molecule has 0 aromatic heterocycles. The summed E-state index contributed by atoms with van der Waals surface area (Å²) in [6.07, 6.45) is 2.07. The van der Waals surface area contributed by atoms with Crippen molar-refractivity contribution in [3.8, 4) is 6.07 Å². The molecular weight excluding hydrogens is 307 g/mol. The van der Waals surface area contributed by atoms with E-state index in [4.69, 9.17) is 26.7 Å². The highest BCUT2D eigenvalue weighted by atomic mass is 35.5. The van der Waals surface area contributed by atoms with Crippen molar-refractivity contribution in [2.45, 2.75) is 32.5 Å². The van der Waals surface area contributed by atoms with Crippen LogP contribution in [0.2, 0.25) is 0 Å². The van der Waals surface area contributed by atoms with E-state index >= 15 is 0 Å². The van der Waals surface area contributed by atoms with Crippen molar-refractivity contribution < 1.29 is 18.7 Å². The van der Waals surface area contributed by atoms with Crippen LogP contribution < -0.4 is 0 Å². The highest BCUT2D eigenvalue weighted by Gasteiger charge is 2.42. The molecule has 0 saturated carbocycles. The van der Waals surface area contributed by atoms with E-state index in [9.17, 15) is 4.39 Å². The molecule has 1 N–H and O–H groups in total. The summed E-state index contributed by atoms with van der Waals surface area (Å²) in [6.45, 7) is 3.26. The Labute approximate surface area is 137 Å². The SMILES string of the molecule is CC1=C(Cl)C(C#N)=CCC1[N+](C)(C)C(OCCO)C(C)CF. The zero-order chi connectivity index (χ0) is 16.9. The average Bonchev–Trinajstić information content (AvgIpc) is 2.49. The number of quaternary nitrogens is 1. The Kier molecular flexibility index (Phi) is 7.01. The van der Waals surface area contributed by atoms with Crippen LogP contribution in [0.4, 0.5) is 4.39 Å². The van der Waals surface area contributed by atoms with Crippen molar-refractivity contribution in [1.82, 2.24) is 0 Å². The largest absolute Gasteiger partial charge is 0.394 e. The highest BCUT2D eigenvalue weighted by Crippen LogP contribution is 2.35. The molecule has 124 valence electrons. The maximum Gasteiger partial charge on any atom is 0.198 e. The second-order valence-electron chi connectivity index (χ2n) is 6.22. The van der Waals surface area contributed by atoms with Gasteiger partial charge in [-0.05, 0) is 6.92 Å². The molecule has 0 fully saturated rings. The predicted molar refractivity (Wildman–Crippen MR) is 84.7 cm³/mol. The molecule has 3 atom stereocenters. The zero-order valence-electron chi connectivity index (χ0n) is 13.6. The van der Waals surface area contributed by atoms with Crippen molar-refractivity contribution in [2.24, 2.45) is 5.92 Å². The van der Waals surface area contributed by atoms with Crippen LogP contribution in [0.25, 0.3) is 0 Å². The molecule has 0 spiro atoms. The van der Waals surface area contributed by atoms with E-state index < -0.39 is 12.9 Å². The second-order valence-corrected chi connectivity index (χ2v) is 6.60. The molecule has 4 nitrogen and oxygen atoms in total. The fourth-order valence-electron chi connectivity index (χ4n) is 3.16. The Morgan fingerprint density at radius 1 is 1.59 bits per heavy atom. The quantitative estimate of drug-likeness (QED) is 0.576. The molecule has 1 aliphatic rings. The van der Waals surface area contributed by atoms with Gasteiger partial charge in [0.25, 0.3) is 0 Å². The first kappa shape index (κ1) is 19.1. The average molecular weight is 332 g/mol. The third-order valence-electron chi connectivity index (χ3n) is 4.32. The molecule has 0 amide bonds. The maximum atomic E-state index is 13.2. The molecule has 0 aliphatic heterocycles. The first-order valence-electron chi connectivity index (χ1n) is 7.39. The van der Waals surface area contributed by atoms with Crippen molar-refractivity contribution in [3.63, 3.8) is 0 Å². The van der Waals surface area contributed by atoms with Crippen molar-refractivity contribution in [1.29, 1.82) is 5.26 Å². The van der Waals surface area contributed by atoms with E-state index in [1.54, 1.807) is 6.92 Å². The van der Waals surface area contributed by atoms with E-state index in [1.165, 1.54) is 0 Å². The molecule has 6 heteroatoms. The van der Waals surface area contributed by atoms with Gasteiger partial charge in [-0.15, -0.1) is 0 Å². The summed E-state index contributed by atoms with van der Waals surface area (Å²) in [5, 5.41) is 18.6. The molecule has 0 bridgehead atoms. The number of hydrogen-bond acceptors (Lipinski definition) is 3. The van der Waals surface area contributed by atoms with Crippen LogP contribution in [-0.2, 0) is 4.74 Å². The van der Waals surface area contributed by atoms with Crippen LogP contribution in [0.3, 0.4) is 0 Å². The Morgan fingerprint density at radius 2 is 2.23 bits per heavy atom. The molecule has 1 aliphatic carbocycles. The molecule has 3 unspecified atom stereocenters. The smallest absolute Gasteiger partial charge is 0.198 e. The Morgan fingerprint density at radius 3 is 2.73 bits per heavy atom. The Balaban J connectivity index is 3.10. The third-order valence-corrected chi connectivity index (χ3v) is 4.82. The number of aliphatic hydroxyl groups is 1. The van der Waals surface area contributed by atoms with Gasteiger partial charge in [-0.1, -0.05) is 24.6 Å². The molecule has 0 aromatic carbocycles. The summed E-state index contributed by atoms with van der Waals surface area (Å²) in [7, 11) is 3.94. The van der Waals surface area contributed by atoms with Gasteiger partial charge in [0.05, 0.1) is 43.8 Å². The van der Waals surface area contributed by atoms with Gasteiger partial charge in [-0.2, -0.15) is 5.26 Å². The molecule has 0 radical (unpaired) electrons. The summed E-state index contributed by atoms with van der Waals surface area (Å²) >= 11 is 6.28. The lowest BCUT2D eigenvalue weighted by atomic mass is 9.92. The maximum absolute atomic E-state index is 13.2. The lowest BCUT2D eigenvalue weighted by Gasteiger charge is -2.46. The third kappa shape index (κ3) is 3.88. The number of allylic oxidation sites excluding steroid dienone is 2. The van der Waals surface area contributed by atoms with Crippen LogP contribution >= 0.6 is 11.6 Å². The van der Waals surface area contributed by atoms with E-state index in [1.807, 2.05) is 27.1 Å². The van der Waals surface area contributed by atoms with Gasteiger partial charge in [0.2, 0.25) is 0 Å². The van der Waals surface area contributed by atoms with Crippen molar-refractivity contribution in [2.75, 3.05) is 34.0 Å². The number of hydrogen-bond donors (Lipinski definition) is 1. The minimum absolute atomic E-state index is 0.00212. The van der Waals surface area contributed by atoms with E-state index in [0.717, 1.165) is 5.57 Å². The summed E-state index contributed by atoms with van der Waals surface area (Å²) in [5.41, 5.74) is 1.40. The van der Waals surface area contributed by atoms with Crippen LogP contribution in [0.5, 0.6) is 0 Å². The second kappa shape index (κ2) is 8.07. The number of halogens is 2. The first-order chi connectivity index (χ1) is 10.3. The summed E-state index contributed by atoms with van der Waals surface area (Å²) in [6, 6.07) is 2.10. The minimum atomic E-state index is -0.500. The number of alkyl halides is 1. The van der Waals surface area contributed by atoms with Crippen LogP contribution in [-0.4, -0.2) is 55.8 Å². The molecule has 22 heavy (non-hydrogen) atoms. The lowest BCUT2D eigenvalue weighted by Crippen LogP contribution is -2.60. The van der Waals surface area contributed by atoms with E-state index in [-0.39, 0.29) is 25.2 Å². The van der Waals surface area contributed by atoms with Gasteiger partial charge < -0.3 is 9.84 Å². The van der Waals surface area contributed by atoms with Crippen LogP contribution in [0, 0.1) is 17.2 Å². The molecule has 0 aromatic rings. The van der Waals surface area contributed by atoms with Gasteiger partial charge in [-0.25, -0.2) is 0 Å². The number of nitriles is 1. The lowest BCUT2D eigenvalue weighted by molar-refractivity contribution is -0.959. The molecule has 0 saturated heterocycles. The summed E-state index contributed by atoms with van der Waals surface area (Å²) in [4.78, 5) is 0. The topological polar surface area (TPSA) is 53.2 Å². The van der Waals surface area contributed by atoms with Crippen LogP contribution in [0.1, 0.15) is 20.3 Å². The highest BCUT2D eigenvalue weighted by molar-refractivity contribution is 6.33. The first-order valence-corrected chi connectivity index (χ1v) is 7.77. The molecule has 1 rings (SSSR count). The summed E-state index contributed by atoms with van der Waals surface area (Å²) in [5.74, 6) is -0.311. The van der Waals surface area contributed by atoms with Gasteiger partial charge in [-0.3, -0.25) is 8.87 Å². The van der Waals surface area contributed by atoms with E-state index in [0.29, 0.717) is 21.5 Å². The fourth-order valence-corrected chi connectivity index (χ4v) is 3.40. The number of likely N-dealkylation sites (N-methyl/N-ethyl adjacent to an activating group) is 1. The monoisotopic (exact) mass is 331 g/mol. The van der Waals surface area contributed by atoms with Crippen molar-refractivity contribution >= 4 is 11.6 Å². The standard InChI is InChI=1S/C16H25ClFN2O2/c1-11(9-18)16(22-8-7-21)20(3,4)14-6-5-13(10-19)15(17)12(14)2/h5,11,14,16,21H,6-9H2,1-4H3/q+1. The predicted octanol–water partition coefficient (Wildman–Crippen LogP) is 2.74. The zero-order valence-corrected chi connectivity index (χ0v) is 14.4. The fraction of sp³-hybridized carbons (Fsp3) is 0.688. The van der Waals surface area contributed by atoms with Crippen molar-refractivity contribution in [3.05, 3.63) is 22.3 Å². The number of nitrogens with zero attached hydrogens (tertiary/aromatic N) is 2. The number of aliphatic hydroxyl groups excluding tert-OH is 1. The number of rotatable bonds is 7. The normalized spacial score (nSPS) is 22.1. The van der Waals surface area contributed by atoms with Gasteiger partial charge in [0.15, 0.2) is 6.23 Å². The summed E-state index contributed by atoms with van der Waals surface area (Å²) < 4.78 is 19.3. The Hall–Kier alpha value is -0.930. The van der Waals surface area contributed by atoms with Gasteiger partial charge in [0, 0.05) is 12.0 Å². The van der Waals surface area contributed by atoms with Gasteiger partial charge in [0.1, 0.15) is 18.8 Å². The van der Waals surface area contributed by atoms with E-state index in [2.05, 4.69) is 6.07 Å².